The zero-order valence-corrected chi connectivity index (χ0v) is 10.2. The lowest BCUT2D eigenvalue weighted by Crippen LogP contribution is -2.45. The largest absolute Gasteiger partial charge is 0.480 e. The van der Waals surface area contributed by atoms with Gasteiger partial charge in [-0.1, -0.05) is 12.1 Å². The van der Waals surface area contributed by atoms with Crippen LogP contribution in [0.5, 0.6) is 0 Å². The molecule has 0 saturated heterocycles. The van der Waals surface area contributed by atoms with Crippen LogP contribution in [0.15, 0.2) is 18.2 Å². The second-order valence-corrected chi connectivity index (χ2v) is 4.45. The lowest BCUT2D eigenvalue weighted by atomic mass is 9.97. The summed E-state index contributed by atoms with van der Waals surface area (Å²) in [7, 11) is 0. The van der Waals surface area contributed by atoms with Gasteiger partial charge < -0.3 is 10.8 Å². The highest BCUT2D eigenvalue weighted by Gasteiger charge is 2.31. The van der Waals surface area contributed by atoms with E-state index in [1.165, 1.54) is 11.8 Å². The van der Waals surface area contributed by atoms with Crippen molar-refractivity contribution in [3.05, 3.63) is 29.3 Å². The highest BCUT2D eigenvalue weighted by Crippen LogP contribution is 2.30. The molecule has 5 heteroatoms. The van der Waals surface area contributed by atoms with Gasteiger partial charge in [-0.2, -0.15) is 0 Å². The van der Waals surface area contributed by atoms with Crippen LogP contribution in [0.1, 0.15) is 24.5 Å². The Balaban J connectivity index is 2.44. The third-order valence-electron chi connectivity index (χ3n) is 3.26. The maximum absolute atomic E-state index is 11.9. The number of fused-ring (bicyclic) bond motifs is 1. The summed E-state index contributed by atoms with van der Waals surface area (Å²) in [6.45, 7) is 1.96. The maximum Gasteiger partial charge on any atom is 0.326 e. The SMILES string of the molecule is CC(C(=O)O)N1C(=O)CCc2cc(CN)ccc21. The van der Waals surface area contributed by atoms with Gasteiger partial charge in [-0.05, 0) is 30.5 Å². The van der Waals surface area contributed by atoms with E-state index in [-0.39, 0.29) is 5.91 Å². The number of carbonyl (C=O) groups is 2. The second-order valence-electron chi connectivity index (χ2n) is 4.45. The molecule has 18 heavy (non-hydrogen) atoms. The van der Waals surface area contributed by atoms with E-state index in [9.17, 15) is 9.59 Å². The Labute approximate surface area is 105 Å². The number of nitrogens with zero attached hydrogens (tertiary/aromatic N) is 1. The molecule has 1 aliphatic rings. The molecule has 0 fully saturated rings. The van der Waals surface area contributed by atoms with Crippen molar-refractivity contribution in [2.45, 2.75) is 32.4 Å². The normalized spacial score (nSPS) is 16.3. The highest BCUT2D eigenvalue weighted by molar-refractivity contribution is 6.01. The average Bonchev–Trinajstić information content (AvgIpc) is 2.37. The molecule has 3 N–H and O–H groups in total. The van der Waals surface area contributed by atoms with Crippen LogP contribution < -0.4 is 10.6 Å². The van der Waals surface area contributed by atoms with Gasteiger partial charge in [0.15, 0.2) is 0 Å². The Morgan fingerprint density at radius 2 is 2.22 bits per heavy atom. The van der Waals surface area contributed by atoms with E-state index in [1.807, 2.05) is 12.1 Å². The van der Waals surface area contributed by atoms with Crippen molar-refractivity contribution in [1.82, 2.24) is 0 Å². The molecule has 96 valence electrons. The zero-order valence-electron chi connectivity index (χ0n) is 10.2. The van der Waals surface area contributed by atoms with Crippen LogP contribution >= 0.6 is 0 Å². The molecule has 1 atom stereocenters. The number of carboxylic acid groups (broad SMARTS) is 1. The fraction of sp³-hybridized carbons (Fsp3) is 0.385. The van der Waals surface area contributed by atoms with Gasteiger partial charge in [0.1, 0.15) is 6.04 Å². The number of rotatable bonds is 3. The summed E-state index contributed by atoms with van der Waals surface area (Å²) in [4.78, 5) is 24.3. The van der Waals surface area contributed by atoms with Gasteiger partial charge in [-0.25, -0.2) is 4.79 Å². The van der Waals surface area contributed by atoms with E-state index in [0.29, 0.717) is 25.1 Å². The van der Waals surface area contributed by atoms with Crippen LogP contribution in [0.4, 0.5) is 5.69 Å². The molecule has 1 aliphatic heterocycles. The van der Waals surface area contributed by atoms with Gasteiger partial charge in [0.05, 0.1) is 0 Å². The topological polar surface area (TPSA) is 83.6 Å². The molecule has 0 radical (unpaired) electrons. The number of hydrogen-bond donors (Lipinski definition) is 2. The summed E-state index contributed by atoms with van der Waals surface area (Å²) < 4.78 is 0. The Bertz CT molecular complexity index is 499. The monoisotopic (exact) mass is 248 g/mol. The van der Waals surface area contributed by atoms with E-state index < -0.39 is 12.0 Å². The van der Waals surface area contributed by atoms with Gasteiger partial charge in [0, 0.05) is 18.7 Å². The summed E-state index contributed by atoms with van der Waals surface area (Å²) in [5.74, 6) is -1.14. The van der Waals surface area contributed by atoms with E-state index >= 15 is 0 Å². The van der Waals surface area contributed by atoms with Crippen LogP contribution in [0.25, 0.3) is 0 Å². The van der Waals surface area contributed by atoms with E-state index in [0.717, 1.165) is 11.1 Å². The Hall–Kier alpha value is -1.88. The minimum absolute atomic E-state index is 0.141. The van der Waals surface area contributed by atoms with Gasteiger partial charge in [0.25, 0.3) is 0 Å². The predicted molar refractivity (Wildman–Crippen MR) is 67.2 cm³/mol. The molecule has 0 spiro atoms. The van der Waals surface area contributed by atoms with Crippen molar-refractivity contribution in [3.8, 4) is 0 Å². The number of aliphatic carboxylic acids is 1. The first kappa shape index (κ1) is 12.6. The quantitative estimate of drug-likeness (QED) is 0.832. The number of anilines is 1. The van der Waals surface area contributed by atoms with Crippen LogP contribution in [0.2, 0.25) is 0 Å². The first-order valence-corrected chi connectivity index (χ1v) is 5.91. The number of nitrogens with two attached hydrogens (primary N) is 1. The number of carboxylic acids is 1. The van der Waals surface area contributed by atoms with Gasteiger partial charge in [0.2, 0.25) is 5.91 Å². The lowest BCUT2D eigenvalue weighted by molar-refractivity contribution is -0.139. The molecule has 1 aromatic carbocycles. The van der Waals surface area contributed by atoms with Crippen LogP contribution in [-0.4, -0.2) is 23.0 Å². The molecule has 1 aromatic rings. The smallest absolute Gasteiger partial charge is 0.326 e. The van der Waals surface area contributed by atoms with Crippen LogP contribution in [0, 0.1) is 0 Å². The number of carbonyl (C=O) groups excluding carboxylic acids is 1. The van der Waals surface area contributed by atoms with Crippen molar-refractivity contribution in [1.29, 1.82) is 0 Å². The summed E-state index contributed by atoms with van der Waals surface area (Å²) in [6.07, 6.45) is 0.990. The highest BCUT2D eigenvalue weighted by atomic mass is 16.4. The Morgan fingerprint density at radius 1 is 1.50 bits per heavy atom. The lowest BCUT2D eigenvalue weighted by Gasteiger charge is -2.32. The molecule has 5 nitrogen and oxygen atoms in total. The molecule has 0 aromatic heterocycles. The number of hydrogen-bond acceptors (Lipinski definition) is 3. The molecule has 0 aliphatic carbocycles. The van der Waals surface area contributed by atoms with E-state index in [1.54, 1.807) is 6.07 Å². The first-order chi connectivity index (χ1) is 8.54. The first-order valence-electron chi connectivity index (χ1n) is 5.91. The standard InChI is InChI=1S/C13H16N2O3/c1-8(13(17)18)15-11-4-2-9(7-14)6-10(11)3-5-12(15)16/h2,4,6,8H,3,5,7,14H2,1H3,(H,17,18). The zero-order chi connectivity index (χ0) is 13.3. The molecule has 0 bridgehead atoms. The van der Waals surface area contributed by atoms with Crippen molar-refractivity contribution < 1.29 is 14.7 Å². The number of benzene rings is 1. The fourth-order valence-corrected chi connectivity index (χ4v) is 2.23. The molecule has 2 rings (SSSR count). The molecule has 1 unspecified atom stereocenters. The molecule has 1 amide bonds. The fourth-order valence-electron chi connectivity index (χ4n) is 2.23. The molecular formula is C13H16N2O3. The van der Waals surface area contributed by atoms with Crippen molar-refractivity contribution in [2.24, 2.45) is 5.73 Å². The average molecular weight is 248 g/mol. The van der Waals surface area contributed by atoms with E-state index in [4.69, 9.17) is 10.8 Å². The predicted octanol–water partition coefficient (Wildman–Crippen LogP) is 0.898. The molecule has 0 saturated carbocycles. The van der Waals surface area contributed by atoms with Gasteiger partial charge in [-0.15, -0.1) is 0 Å². The minimum atomic E-state index is -1.00. The third-order valence-corrected chi connectivity index (χ3v) is 3.26. The molecule has 1 heterocycles. The summed E-state index contributed by atoms with van der Waals surface area (Å²) >= 11 is 0. The Kier molecular flexibility index (Phi) is 3.34. The Morgan fingerprint density at radius 3 is 2.83 bits per heavy atom. The second kappa shape index (κ2) is 4.78. The van der Waals surface area contributed by atoms with Crippen molar-refractivity contribution >= 4 is 17.6 Å². The third kappa shape index (κ3) is 2.09. The summed E-state index contributed by atoms with van der Waals surface area (Å²) in [5.41, 5.74) is 8.25. The van der Waals surface area contributed by atoms with Crippen LogP contribution in [0.3, 0.4) is 0 Å². The van der Waals surface area contributed by atoms with E-state index in [2.05, 4.69) is 0 Å². The number of amides is 1. The number of aryl methyl sites for hydroxylation is 1. The maximum atomic E-state index is 11.9. The van der Waals surface area contributed by atoms with Gasteiger partial charge >= 0.3 is 5.97 Å². The van der Waals surface area contributed by atoms with Gasteiger partial charge in [-0.3, -0.25) is 9.69 Å². The van der Waals surface area contributed by atoms with Crippen LogP contribution in [-0.2, 0) is 22.6 Å². The summed E-state index contributed by atoms with van der Waals surface area (Å²) in [5, 5.41) is 9.06. The summed E-state index contributed by atoms with van der Waals surface area (Å²) in [6, 6.07) is 4.72. The minimum Gasteiger partial charge on any atom is -0.480 e. The van der Waals surface area contributed by atoms with Crippen molar-refractivity contribution in [2.75, 3.05) is 4.90 Å². The van der Waals surface area contributed by atoms with Crippen molar-refractivity contribution in [3.63, 3.8) is 0 Å². The molecular weight excluding hydrogens is 232 g/mol.